The maximum absolute atomic E-state index is 13.9. The summed E-state index contributed by atoms with van der Waals surface area (Å²) >= 11 is 0. The summed E-state index contributed by atoms with van der Waals surface area (Å²) in [5.41, 5.74) is 4.15. The van der Waals surface area contributed by atoms with E-state index in [-0.39, 0.29) is 30.0 Å². The summed E-state index contributed by atoms with van der Waals surface area (Å²) in [6.45, 7) is 4.32. The van der Waals surface area contributed by atoms with Crippen molar-refractivity contribution in [3.8, 4) is 0 Å². The first-order valence-corrected chi connectivity index (χ1v) is 14.8. The normalized spacial score (nSPS) is 15.7. The summed E-state index contributed by atoms with van der Waals surface area (Å²) < 4.78 is 34.2. The monoisotopic (exact) mass is 565 g/mol. The Balaban J connectivity index is 1.72. The molecule has 0 spiro atoms. The number of hydrogen-bond donors (Lipinski definition) is 1. The van der Waals surface area contributed by atoms with Crippen molar-refractivity contribution in [2.75, 3.05) is 7.11 Å². The number of methoxy groups -OCH3 is 1. The number of aromatic nitrogens is 2. The molecule has 0 bridgehead atoms. The van der Waals surface area contributed by atoms with E-state index in [9.17, 15) is 18.4 Å². The molecule has 0 radical (unpaired) electrons. The van der Waals surface area contributed by atoms with Crippen molar-refractivity contribution < 1.29 is 23.1 Å². The Morgan fingerprint density at radius 2 is 1.59 bits per heavy atom. The minimum atomic E-state index is -0.943. The Bertz CT molecular complexity index is 1300. The van der Waals surface area contributed by atoms with Gasteiger partial charge in [0.05, 0.1) is 13.2 Å². The predicted molar refractivity (Wildman–Crippen MR) is 155 cm³/mol. The number of nitrogens with zero attached hydrogens (tertiary/aromatic N) is 2. The number of hydrogen-bond acceptors (Lipinski definition) is 4. The molecule has 2 aromatic carbocycles. The topological polar surface area (TPSA) is 73.2 Å². The van der Waals surface area contributed by atoms with Gasteiger partial charge in [-0.3, -0.25) is 9.48 Å². The maximum Gasteiger partial charge on any atom is 0.328 e. The summed E-state index contributed by atoms with van der Waals surface area (Å²) in [4.78, 5) is 26.6. The van der Waals surface area contributed by atoms with Gasteiger partial charge in [-0.25, -0.2) is 13.6 Å². The number of benzene rings is 2. The van der Waals surface area contributed by atoms with Crippen LogP contribution >= 0.6 is 0 Å². The summed E-state index contributed by atoms with van der Waals surface area (Å²) in [6.07, 6.45) is 8.41. The smallest absolute Gasteiger partial charge is 0.328 e. The van der Waals surface area contributed by atoms with E-state index in [1.165, 1.54) is 31.4 Å². The van der Waals surface area contributed by atoms with Crippen LogP contribution in [0.4, 0.5) is 8.78 Å². The average molecular weight is 566 g/mol. The van der Waals surface area contributed by atoms with Crippen LogP contribution in [0.15, 0.2) is 48.5 Å². The van der Waals surface area contributed by atoms with Crippen LogP contribution in [0.25, 0.3) is 0 Å². The fourth-order valence-corrected chi connectivity index (χ4v) is 6.03. The zero-order valence-electron chi connectivity index (χ0n) is 24.3. The molecule has 1 unspecified atom stereocenters. The molecule has 41 heavy (non-hydrogen) atoms. The van der Waals surface area contributed by atoms with Gasteiger partial charge in [0.25, 0.3) is 5.91 Å². The lowest BCUT2D eigenvalue weighted by atomic mass is 9.90. The number of carbonyl (C=O) groups is 2. The highest BCUT2D eigenvalue weighted by molar-refractivity contribution is 5.96. The quantitative estimate of drug-likeness (QED) is 0.192. The van der Waals surface area contributed by atoms with Gasteiger partial charge in [-0.05, 0) is 73.9 Å². The van der Waals surface area contributed by atoms with Crippen LogP contribution in [0, 0.1) is 11.6 Å². The number of carbonyl (C=O) groups excluding carboxylic acids is 2. The first-order chi connectivity index (χ1) is 19.8. The Hall–Kier alpha value is -3.55. The molecule has 3 aromatic rings. The Kier molecular flexibility index (Phi) is 10.7. The van der Waals surface area contributed by atoms with Crippen LogP contribution in [-0.4, -0.2) is 34.8 Å². The van der Waals surface area contributed by atoms with Crippen LogP contribution in [0.2, 0.25) is 0 Å². The first-order valence-electron chi connectivity index (χ1n) is 14.8. The minimum Gasteiger partial charge on any atom is -0.467 e. The maximum atomic E-state index is 13.9. The number of amides is 1. The number of rotatable bonds is 12. The number of fused-ring (bicyclic) bond motifs is 1. The molecule has 1 amide bonds. The third-order valence-corrected chi connectivity index (χ3v) is 8.01. The van der Waals surface area contributed by atoms with Crippen LogP contribution in [-0.2, 0) is 28.8 Å². The van der Waals surface area contributed by atoms with Crippen molar-refractivity contribution in [3.05, 3.63) is 88.2 Å². The highest BCUT2D eigenvalue weighted by Crippen LogP contribution is 2.38. The second-order valence-corrected chi connectivity index (χ2v) is 11.0. The van der Waals surface area contributed by atoms with E-state index in [4.69, 9.17) is 9.84 Å². The van der Waals surface area contributed by atoms with Crippen molar-refractivity contribution in [2.24, 2.45) is 0 Å². The lowest BCUT2D eigenvalue weighted by molar-refractivity contribution is -0.142. The third-order valence-electron chi connectivity index (χ3n) is 8.01. The number of halogens is 2. The summed E-state index contributed by atoms with van der Waals surface area (Å²) in [7, 11) is 1.28. The van der Waals surface area contributed by atoms with Crippen molar-refractivity contribution >= 4 is 11.9 Å². The molecule has 0 saturated carbocycles. The lowest BCUT2D eigenvalue weighted by Crippen LogP contribution is -2.43. The summed E-state index contributed by atoms with van der Waals surface area (Å²) in [5, 5.41) is 7.86. The van der Waals surface area contributed by atoms with Crippen molar-refractivity contribution in [3.63, 3.8) is 0 Å². The molecule has 1 aromatic heterocycles. The van der Waals surface area contributed by atoms with E-state index in [2.05, 4.69) is 23.8 Å². The van der Waals surface area contributed by atoms with E-state index in [0.717, 1.165) is 74.6 Å². The highest BCUT2D eigenvalue weighted by atomic mass is 19.1. The van der Waals surface area contributed by atoms with Gasteiger partial charge in [0, 0.05) is 23.6 Å². The molecule has 1 N–H and O–H groups in total. The van der Waals surface area contributed by atoms with Gasteiger partial charge in [-0.2, -0.15) is 5.10 Å². The largest absolute Gasteiger partial charge is 0.467 e. The van der Waals surface area contributed by atoms with E-state index in [0.29, 0.717) is 11.3 Å². The van der Waals surface area contributed by atoms with E-state index in [1.807, 2.05) is 12.1 Å². The minimum absolute atomic E-state index is 0.138. The van der Waals surface area contributed by atoms with Gasteiger partial charge in [0.2, 0.25) is 0 Å². The number of esters is 1. The van der Waals surface area contributed by atoms with E-state index >= 15 is 0 Å². The summed E-state index contributed by atoms with van der Waals surface area (Å²) in [5.74, 6) is -1.47. The average Bonchev–Trinajstić information content (AvgIpc) is 3.23. The SMILES string of the molecule is CCCC(CCC)n1nc(C(=O)N[C@@H](Cc2ccc(F)cc2)C(=O)OC)c2c1C(Cc1ccc(F)cc1)CCCC2. The van der Waals surface area contributed by atoms with Gasteiger partial charge in [0.15, 0.2) is 5.69 Å². The van der Waals surface area contributed by atoms with Crippen LogP contribution in [0.5, 0.6) is 0 Å². The zero-order valence-corrected chi connectivity index (χ0v) is 24.3. The second kappa shape index (κ2) is 14.4. The molecule has 0 saturated heterocycles. The van der Waals surface area contributed by atoms with Crippen LogP contribution in [0.3, 0.4) is 0 Å². The van der Waals surface area contributed by atoms with Gasteiger partial charge < -0.3 is 10.1 Å². The first kappa shape index (κ1) is 30.4. The van der Waals surface area contributed by atoms with Gasteiger partial charge >= 0.3 is 5.97 Å². The molecule has 0 fully saturated rings. The molecule has 6 nitrogen and oxygen atoms in total. The Morgan fingerprint density at radius 3 is 2.17 bits per heavy atom. The number of nitrogens with one attached hydrogen (secondary N) is 1. The molecular formula is C33H41F2N3O3. The lowest BCUT2D eigenvalue weighted by Gasteiger charge is -2.24. The molecule has 8 heteroatoms. The van der Waals surface area contributed by atoms with Crippen LogP contribution < -0.4 is 5.32 Å². The zero-order chi connectivity index (χ0) is 29.4. The predicted octanol–water partition coefficient (Wildman–Crippen LogP) is 6.87. The van der Waals surface area contributed by atoms with Crippen molar-refractivity contribution in [2.45, 2.75) is 96.1 Å². The summed E-state index contributed by atoms with van der Waals surface area (Å²) in [6, 6.07) is 11.7. The van der Waals surface area contributed by atoms with Crippen LogP contribution in [0.1, 0.15) is 104 Å². The molecule has 1 aliphatic carbocycles. The molecule has 220 valence electrons. The van der Waals surface area contributed by atoms with Crippen molar-refractivity contribution in [1.82, 2.24) is 15.1 Å². The number of ether oxygens (including phenoxy) is 1. The molecule has 2 atom stereocenters. The van der Waals surface area contributed by atoms with Gasteiger partial charge in [-0.1, -0.05) is 57.4 Å². The fourth-order valence-electron chi connectivity index (χ4n) is 6.03. The highest BCUT2D eigenvalue weighted by Gasteiger charge is 2.33. The Morgan fingerprint density at radius 1 is 0.976 bits per heavy atom. The van der Waals surface area contributed by atoms with Gasteiger partial charge in [-0.15, -0.1) is 0 Å². The van der Waals surface area contributed by atoms with Gasteiger partial charge in [0.1, 0.15) is 17.7 Å². The second-order valence-electron chi connectivity index (χ2n) is 11.0. The molecule has 1 heterocycles. The molecule has 1 aliphatic rings. The van der Waals surface area contributed by atoms with E-state index in [1.54, 1.807) is 12.1 Å². The third kappa shape index (κ3) is 7.60. The Labute approximate surface area is 241 Å². The molecule has 4 rings (SSSR count). The fraction of sp³-hybridized carbons (Fsp3) is 0.485. The van der Waals surface area contributed by atoms with Crippen molar-refractivity contribution in [1.29, 1.82) is 0 Å². The standard InChI is InChI=1S/C33H41F2N3O3/c1-4-8-27(9-5-2)38-31-24(20-22-12-16-25(34)17-13-22)10-6-7-11-28(31)30(37-38)32(39)36-29(33(40)41-3)21-23-14-18-26(35)19-15-23/h12-19,24,27,29H,4-11,20-21H2,1-3H3,(H,36,39)/t24?,29-/m0/s1. The molecular weight excluding hydrogens is 524 g/mol. The molecule has 0 aliphatic heterocycles. The van der Waals surface area contributed by atoms with E-state index < -0.39 is 17.9 Å².